The van der Waals surface area contributed by atoms with Crippen molar-refractivity contribution in [2.45, 2.75) is 0 Å². The predicted octanol–water partition coefficient (Wildman–Crippen LogP) is 11.1. The van der Waals surface area contributed by atoms with Gasteiger partial charge >= 0.3 is 0 Å². The van der Waals surface area contributed by atoms with Crippen LogP contribution < -0.4 is 0 Å². The van der Waals surface area contributed by atoms with E-state index < -0.39 is 0 Å². The fourth-order valence-corrected chi connectivity index (χ4v) is 6.79. The fraction of sp³-hybridized carbons (Fsp3) is 0. The number of nitrogens with zero attached hydrogens (tertiary/aromatic N) is 3. The number of rotatable bonds is 5. The summed E-state index contributed by atoms with van der Waals surface area (Å²) in [5, 5.41) is 4.92. The highest BCUT2D eigenvalue weighted by Gasteiger charge is 2.18. The van der Waals surface area contributed by atoms with Crippen LogP contribution in [0.25, 0.3) is 77.6 Å². The van der Waals surface area contributed by atoms with Gasteiger partial charge in [-0.1, -0.05) is 109 Å². The Hall–Kier alpha value is -6.19. The van der Waals surface area contributed by atoms with E-state index in [1.807, 2.05) is 12.1 Å². The third kappa shape index (κ3) is 4.33. The summed E-state index contributed by atoms with van der Waals surface area (Å²) in [6.07, 6.45) is 4.41. The van der Waals surface area contributed by atoms with E-state index in [0.29, 0.717) is 0 Å². The van der Waals surface area contributed by atoms with Crippen LogP contribution in [0.2, 0.25) is 0 Å². The molecule has 0 bridgehead atoms. The van der Waals surface area contributed by atoms with Crippen LogP contribution in [0.15, 0.2) is 176 Å². The second-order valence-electron chi connectivity index (χ2n) is 11.7. The molecule has 0 saturated carbocycles. The van der Waals surface area contributed by atoms with Crippen LogP contribution in [-0.4, -0.2) is 14.1 Å². The van der Waals surface area contributed by atoms with Crippen molar-refractivity contribution in [2.24, 2.45) is 0 Å². The zero-order valence-corrected chi connectivity index (χ0v) is 25.1. The van der Waals surface area contributed by atoms with Crippen molar-refractivity contribution in [1.29, 1.82) is 0 Å². The van der Waals surface area contributed by atoms with E-state index in [1.165, 1.54) is 32.6 Å². The average Bonchev–Trinajstić information content (AvgIpc) is 3.79. The highest BCUT2D eigenvalue weighted by atomic mass is 15.0. The van der Waals surface area contributed by atoms with E-state index in [0.717, 1.165) is 45.0 Å². The summed E-state index contributed by atoms with van der Waals surface area (Å²) in [5.74, 6) is 0. The van der Waals surface area contributed by atoms with Gasteiger partial charge < -0.3 is 9.13 Å². The average molecular weight is 588 g/mol. The van der Waals surface area contributed by atoms with Gasteiger partial charge in [-0.15, -0.1) is 0 Å². The summed E-state index contributed by atoms with van der Waals surface area (Å²) in [7, 11) is 0. The minimum atomic E-state index is 0.964. The van der Waals surface area contributed by atoms with Crippen LogP contribution in [0.3, 0.4) is 0 Å². The SMILES string of the molecule is c1ccc(-c2cc(-c3ccc4c(c3)c3ccn(-c5ccccc5)c3c3ccn(-c5ccccc5)c43)cc(-c3ccccc3)n2)cc1. The molecular formula is C43H29N3. The summed E-state index contributed by atoms with van der Waals surface area (Å²) in [4.78, 5) is 5.12. The Morgan fingerprint density at radius 3 is 1.30 bits per heavy atom. The lowest BCUT2D eigenvalue weighted by molar-refractivity contribution is 1.13. The van der Waals surface area contributed by atoms with Gasteiger partial charge in [0.25, 0.3) is 0 Å². The largest absolute Gasteiger partial charge is 0.316 e. The normalized spacial score (nSPS) is 11.5. The number of fused-ring (bicyclic) bond motifs is 6. The number of para-hydroxylation sites is 2. The lowest BCUT2D eigenvalue weighted by atomic mass is 9.95. The zero-order valence-electron chi connectivity index (χ0n) is 25.1. The van der Waals surface area contributed by atoms with Crippen molar-refractivity contribution in [3.63, 3.8) is 0 Å². The first-order valence-electron chi connectivity index (χ1n) is 15.6. The van der Waals surface area contributed by atoms with Gasteiger partial charge in [0, 0.05) is 51.1 Å². The maximum atomic E-state index is 5.12. The van der Waals surface area contributed by atoms with E-state index in [4.69, 9.17) is 4.98 Å². The van der Waals surface area contributed by atoms with Gasteiger partial charge in [-0.05, 0) is 71.1 Å². The lowest BCUT2D eigenvalue weighted by Gasteiger charge is -2.14. The smallest absolute Gasteiger partial charge is 0.0715 e. The van der Waals surface area contributed by atoms with Crippen molar-refractivity contribution in [1.82, 2.24) is 14.1 Å². The first-order chi connectivity index (χ1) is 22.8. The third-order valence-electron chi connectivity index (χ3n) is 8.96. The Labute approximate surface area is 267 Å². The molecule has 0 aliphatic heterocycles. The maximum absolute atomic E-state index is 5.12. The van der Waals surface area contributed by atoms with Crippen molar-refractivity contribution < 1.29 is 0 Å². The molecule has 9 aromatic rings. The topological polar surface area (TPSA) is 22.8 Å². The summed E-state index contributed by atoms with van der Waals surface area (Å²) in [6.45, 7) is 0. The number of hydrogen-bond acceptors (Lipinski definition) is 1. The van der Waals surface area contributed by atoms with Crippen LogP contribution in [0.1, 0.15) is 0 Å². The molecule has 0 aliphatic rings. The van der Waals surface area contributed by atoms with Crippen molar-refractivity contribution in [3.8, 4) is 45.0 Å². The molecule has 0 spiro atoms. The third-order valence-corrected chi connectivity index (χ3v) is 8.96. The molecule has 216 valence electrons. The van der Waals surface area contributed by atoms with Gasteiger partial charge in [-0.2, -0.15) is 0 Å². The minimum Gasteiger partial charge on any atom is -0.316 e. The van der Waals surface area contributed by atoms with Gasteiger partial charge in [0.15, 0.2) is 0 Å². The molecule has 0 fully saturated rings. The highest BCUT2D eigenvalue weighted by Crippen LogP contribution is 2.41. The first kappa shape index (κ1) is 26.2. The van der Waals surface area contributed by atoms with Crippen LogP contribution in [0.5, 0.6) is 0 Å². The molecule has 3 heteroatoms. The summed E-state index contributed by atoms with van der Waals surface area (Å²) >= 11 is 0. The zero-order chi connectivity index (χ0) is 30.5. The molecule has 0 radical (unpaired) electrons. The molecule has 3 aromatic heterocycles. The van der Waals surface area contributed by atoms with Crippen molar-refractivity contribution in [2.75, 3.05) is 0 Å². The number of pyridine rings is 1. The van der Waals surface area contributed by atoms with Crippen LogP contribution in [0, 0.1) is 0 Å². The molecule has 3 heterocycles. The number of benzene rings is 6. The Kier molecular flexibility index (Phi) is 6.14. The first-order valence-corrected chi connectivity index (χ1v) is 15.6. The Morgan fingerprint density at radius 1 is 0.326 bits per heavy atom. The summed E-state index contributed by atoms with van der Waals surface area (Å²) < 4.78 is 4.65. The van der Waals surface area contributed by atoms with Gasteiger partial charge in [0.2, 0.25) is 0 Å². The summed E-state index contributed by atoms with van der Waals surface area (Å²) in [5.41, 5.74) is 11.2. The van der Waals surface area contributed by atoms with Gasteiger partial charge in [-0.3, -0.25) is 0 Å². The van der Waals surface area contributed by atoms with E-state index in [-0.39, 0.29) is 0 Å². The molecule has 0 N–H and O–H groups in total. The van der Waals surface area contributed by atoms with Crippen LogP contribution >= 0.6 is 0 Å². The predicted molar refractivity (Wildman–Crippen MR) is 192 cm³/mol. The van der Waals surface area contributed by atoms with Gasteiger partial charge in [-0.25, -0.2) is 4.98 Å². The van der Waals surface area contributed by atoms with E-state index in [2.05, 4.69) is 173 Å². The number of hydrogen-bond donors (Lipinski definition) is 0. The lowest BCUT2D eigenvalue weighted by Crippen LogP contribution is -1.95. The van der Waals surface area contributed by atoms with Gasteiger partial charge in [0.1, 0.15) is 0 Å². The molecule has 0 unspecified atom stereocenters. The van der Waals surface area contributed by atoms with Crippen LogP contribution in [0.4, 0.5) is 0 Å². The fourth-order valence-electron chi connectivity index (χ4n) is 6.79. The van der Waals surface area contributed by atoms with E-state index >= 15 is 0 Å². The molecule has 6 aromatic carbocycles. The van der Waals surface area contributed by atoms with E-state index in [9.17, 15) is 0 Å². The van der Waals surface area contributed by atoms with Crippen molar-refractivity contribution >= 4 is 32.6 Å². The monoisotopic (exact) mass is 587 g/mol. The Balaban J connectivity index is 1.34. The molecule has 46 heavy (non-hydrogen) atoms. The standard InChI is InChI=1S/C43H29N3/c1-5-13-30(14-6-1)40-28-33(29-41(44-40)31-15-7-2-8-16-31)32-21-22-36-39(27-32)37-23-25-45(34-17-9-3-10-18-34)43(37)38-24-26-46(42(36)38)35-19-11-4-12-20-35/h1-29H. The second-order valence-corrected chi connectivity index (χ2v) is 11.7. The molecule has 3 nitrogen and oxygen atoms in total. The maximum Gasteiger partial charge on any atom is 0.0715 e. The number of aromatic nitrogens is 3. The quantitative estimate of drug-likeness (QED) is 0.196. The Morgan fingerprint density at radius 2 is 0.783 bits per heavy atom. The Bertz CT molecular complexity index is 2430. The van der Waals surface area contributed by atoms with Crippen LogP contribution in [-0.2, 0) is 0 Å². The van der Waals surface area contributed by atoms with Crippen molar-refractivity contribution in [3.05, 3.63) is 176 Å². The molecule has 9 rings (SSSR count). The molecule has 0 amide bonds. The highest BCUT2D eigenvalue weighted by molar-refractivity contribution is 6.25. The van der Waals surface area contributed by atoms with Gasteiger partial charge in [0.05, 0.1) is 22.4 Å². The molecular weight excluding hydrogens is 558 g/mol. The minimum absolute atomic E-state index is 0.964. The molecule has 0 saturated heterocycles. The van der Waals surface area contributed by atoms with E-state index in [1.54, 1.807) is 0 Å². The second kappa shape index (κ2) is 10.8. The summed E-state index contributed by atoms with van der Waals surface area (Å²) in [6, 6.07) is 58.1. The molecule has 0 aliphatic carbocycles. The molecule has 0 atom stereocenters.